The van der Waals surface area contributed by atoms with E-state index in [0.717, 1.165) is 0 Å². The minimum atomic E-state index is -0.897. The Labute approximate surface area is 96.3 Å². The van der Waals surface area contributed by atoms with Crippen LogP contribution in [0, 0.1) is 17.7 Å². The first-order valence-corrected chi connectivity index (χ1v) is 5.40. The molecule has 0 fully saturated rings. The second kappa shape index (κ2) is 5.67. The molecule has 0 aliphatic heterocycles. The van der Waals surface area contributed by atoms with Gasteiger partial charge in [0.25, 0.3) is 0 Å². The fraction of sp³-hybridized carbons (Fsp3) is 0.429. The summed E-state index contributed by atoms with van der Waals surface area (Å²) in [6.45, 7) is 3.49. The van der Waals surface area contributed by atoms with E-state index < -0.39 is 5.60 Å². The SMILES string of the molecule is CC#CCCC(C)(O)Cc1ccccc1F. The molecule has 1 atom stereocenters. The monoisotopic (exact) mass is 220 g/mol. The molecule has 0 saturated carbocycles. The molecule has 1 aromatic rings. The van der Waals surface area contributed by atoms with Gasteiger partial charge in [0.05, 0.1) is 5.60 Å². The van der Waals surface area contributed by atoms with Gasteiger partial charge in [-0.2, -0.15) is 0 Å². The normalized spacial score (nSPS) is 13.8. The number of hydrogen-bond acceptors (Lipinski definition) is 1. The Morgan fingerprint density at radius 2 is 2.06 bits per heavy atom. The van der Waals surface area contributed by atoms with E-state index in [1.165, 1.54) is 6.07 Å². The van der Waals surface area contributed by atoms with Crippen LogP contribution in [0.15, 0.2) is 24.3 Å². The van der Waals surface area contributed by atoms with Crippen LogP contribution in [0.1, 0.15) is 32.3 Å². The van der Waals surface area contributed by atoms with Gasteiger partial charge in [-0.1, -0.05) is 18.2 Å². The van der Waals surface area contributed by atoms with Crippen LogP contribution in [0.2, 0.25) is 0 Å². The third kappa shape index (κ3) is 4.04. The Kier molecular flexibility index (Phi) is 4.52. The lowest BCUT2D eigenvalue weighted by molar-refractivity contribution is 0.0520. The highest BCUT2D eigenvalue weighted by Gasteiger charge is 2.21. The van der Waals surface area contributed by atoms with E-state index >= 15 is 0 Å². The standard InChI is InChI=1S/C14H17FO/c1-3-4-7-10-14(2,16)11-12-8-5-6-9-13(12)15/h5-6,8-9,16H,7,10-11H2,1-2H3. The van der Waals surface area contributed by atoms with Crippen LogP contribution in [-0.4, -0.2) is 10.7 Å². The van der Waals surface area contributed by atoms with Crippen LogP contribution in [0.4, 0.5) is 4.39 Å². The molecule has 0 saturated heterocycles. The van der Waals surface area contributed by atoms with Crippen LogP contribution in [0.3, 0.4) is 0 Å². The molecule has 0 bridgehead atoms. The van der Waals surface area contributed by atoms with Gasteiger partial charge in [-0.3, -0.25) is 0 Å². The fourth-order valence-electron chi connectivity index (χ4n) is 1.60. The molecule has 16 heavy (non-hydrogen) atoms. The van der Waals surface area contributed by atoms with Crippen LogP contribution in [0.25, 0.3) is 0 Å². The first-order valence-electron chi connectivity index (χ1n) is 5.40. The number of rotatable bonds is 4. The Balaban J connectivity index is 2.64. The average molecular weight is 220 g/mol. The summed E-state index contributed by atoms with van der Waals surface area (Å²) in [5.74, 6) is 5.42. The van der Waals surface area contributed by atoms with Gasteiger partial charge < -0.3 is 5.11 Å². The maximum atomic E-state index is 13.4. The summed E-state index contributed by atoms with van der Waals surface area (Å²) in [6, 6.07) is 6.54. The molecule has 1 unspecified atom stereocenters. The van der Waals surface area contributed by atoms with E-state index in [1.807, 2.05) is 0 Å². The summed E-state index contributed by atoms with van der Waals surface area (Å²) in [4.78, 5) is 0. The van der Waals surface area contributed by atoms with Crippen molar-refractivity contribution in [3.63, 3.8) is 0 Å². The smallest absolute Gasteiger partial charge is 0.126 e. The summed E-state index contributed by atoms with van der Waals surface area (Å²) in [6.07, 6.45) is 1.52. The summed E-state index contributed by atoms with van der Waals surface area (Å²) < 4.78 is 13.4. The molecule has 1 aromatic carbocycles. The van der Waals surface area contributed by atoms with Crippen molar-refractivity contribution < 1.29 is 9.50 Å². The maximum Gasteiger partial charge on any atom is 0.126 e. The topological polar surface area (TPSA) is 20.2 Å². The molecule has 1 nitrogen and oxygen atoms in total. The van der Waals surface area contributed by atoms with Gasteiger partial charge in [0, 0.05) is 12.8 Å². The minimum Gasteiger partial charge on any atom is -0.390 e. The largest absolute Gasteiger partial charge is 0.390 e. The lowest BCUT2D eigenvalue weighted by Crippen LogP contribution is -2.27. The Morgan fingerprint density at radius 1 is 1.38 bits per heavy atom. The van der Waals surface area contributed by atoms with Gasteiger partial charge in [-0.05, 0) is 31.9 Å². The van der Waals surface area contributed by atoms with Gasteiger partial charge in [-0.25, -0.2) is 4.39 Å². The zero-order chi connectivity index (χ0) is 12.0. The molecule has 1 rings (SSSR count). The first kappa shape index (κ1) is 12.7. The fourth-order valence-corrected chi connectivity index (χ4v) is 1.60. The van der Waals surface area contributed by atoms with Crippen LogP contribution in [-0.2, 0) is 6.42 Å². The first-order chi connectivity index (χ1) is 7.55. The summed E-state index contributed by atoms with van der Waals surface area (Å²) in [7, 11) is 0. The highest BCUT2D eigenvalue weighted by Crippen LogP contribution is 2.20. The lowest BCUT2D eigenvalue weighted by atomic mass is 9.92. The highest BCUT2D eigenvalue weighted by molar-refractivity contribution is 5.19. The molecular formula is C14H17FO. The van der Waals surface area contributed by atoms with Crippen molar-refractivity contribution in [1.82, 2.24) is 0 Å². The van der Waals surface area contributed by atoms with Gasteiger partial charge >= 0.3 is 0 Å². The molecular weight excluding hydrogens is 203 g/mol. The van der Waals surface area contributed by atoms with E-state index in [1.54, 1.807) is 32.0 Å². The molecule has 0 heterocycles. The van der Waals surface area contributed by atoms with Crippen molar-refractivity contribution >= 4 is 0 Å². The number of benzene rings is 1. The highest BCUT2D eigenvalue weighted by atomic mass is 19.1. The number of aliphatic hydroxyl groups is 1. The minimum absolute atomic E-state index is 0.260. The van der Waals surface area contributed by atoms with Crippen LogP contribution < -0.4 is 0 Å². The van der Waals surface area contributed by atoms with E-state index in [4.69, 9.17) is 0 Å². The van der Waals surface area contributed by atoms with Crippen molar-refractivity contribution in [2.45, 2.75) is 38.7 Å². The Hall–Kier alpha value is -1.33. The molecule has 0 aromatic heterocycles. The summed E-state index contributed by atoms with van der Waals surface area (Å²) >= 11 is 0. The predicted molar refractivity (Wildman–Crippen MR) is 63.4 cm³/mol. The van der Waals surface area contributed by atoms with Crippen molar-refractivity contribution in [3.05, 3.63) is 35.6 Å². The van der Waals surface area contributed by atoms with Crippen LogP contribution in [0.5, 0.6) is 0 Å². The molecule has 2 heteroatoms. The number of hydrogen-bond donors (Lipinski definition) is 1. The predicted octanol–water partition coefficient (Wildman–Crippen LogP) is 2.92. The van der Waals surface area contributed by atoms with E-state index in [2.05, 4.69) is 11.8 Å². The summed E-state index contributed by atoms with van der Waals surface area (Å²) in [5, 5.41) is 10.1. The lowest BCUT2D eigenvalue weighted by Gasteiger charge is -2.22. The van der Waals surface area contributed by atoms with Crippen molar-refractivity contribution in [1.29, 1.82) is 0 Å². The molecule has 1 N–H and O–H groups in total. The zero-order valence-electron chi connectivity index (χ0n) is 9.76. The third-order valence-electron chi connectivity index (χ3n) is 2.49. The molecule has 0 aliphatic rings. The molecule has 0 radical (unpaired) electrons. The number of halogens is 1. The van der Waals surface area contributed by atoms with Crippen molar-refractivity contribution in [2.24, 2.45) is 0 Å². The molecule has 0 amide bonds. The molecule has 0 spiro atoms. The second-order valence-electron chi connectivity index (χ2n) is 4.19. The van der Waals surface area contributed by atoms with E-state index in [-0.39, 0.29) is 5.82 Å². The van der Waals surface area contributed by atoms with Crippen molar-refractivity contribution in [2.75, 3.05) is 0 Å². The average Bonchev–Trinajstić information content (AvgIpc) is 2.21. The molecule has 0 aliphatic carbocycles. The van der Waals surface area contributed by atoms with Gasteiger partial charge in [0.1, 0.15) is 5.82 Å². The third-order valence-corrected chi connectivity index (χ3v) is 2.49. The van der Waals surface area contributed by atoms with E-state index in [9.17, 15) is 9.50 Å². The van der Waals surface area contributed by atoms with Gasteiger partial charge in [0.15, 0.2) is 0 Å². The molecule has 86 valence electrons. The van der Waals surface area contributed by atoms with Crippen molar-refractivity contribution in [3.8, 4) is 11.8 Å². The van der Waals surface area contributed by atoms with E-state index in [0.29, 0.717) is 24.8 Å². The Bertz CT molecular complexity index is 399. The van der Waals surface area contributed by atoms with Crippen LogP contribution >= 0.6 is 0 Å². The van der Waals surface area contributed by atoms with Gasteiger partial charge in [0.2, 0.25) is 0 Å². The van der Waals surface area contributed by atoms with Gasteiger partial charge in [-0.15, -0.1) is 11.8 Å². The Morgan fingerprint density at radius 3 is 2.69 bits per heavy atom. The summed E-state index contributed by atoms with van der Waals surface area (Å²) in [5.41, 5.74) is -0.344. The quantitative estimate of drug-likeness (QED) is 0.773. The maximum absolute atomic E-state index is 13.4. The zero-order valence-corrected chi connectivity index (χ0v) is 9.76. The second-order valence-corrected chi connectivity index (χ2v) is 4.19.